The molecule has 0 radical (unpaired) electrons. The molecule has 0 spiro atoms. The molecule has 21 heavy (non-hydrogen) atoms. The van der Waals surface area contributed by atoms with Crippen LogP contribution in [0.5, 0.6) is 0 Å². The van der Waals surface area contributed by atoms with Crippen LogP contribution in [-0.2, 0) is 17.8 Å². The van der Waals surface area contributed by atoms with Gasteiger partial charge in [-0.15, -0.1) is 12.4 Å². The minimum atomic E-state index is 0. The first-order chi connectivity index (χ1) is 9.35. The number of hydrogen-bond acceptors (Lipinski definition) is 3. The Morgan fingerprint density at radius 1 is 1.33 bits per heavy atom. The Balaban J connectivity index is 0.00000400. The molecule has 1 rings (SSSR count). The molecule has 1 amide bonds. The van der Waals surface area contributed by atoms with Crippen molar-refractivity contribution in [1.29, 1.82) is 0 Å². The first kappa shape index (κ1) is 19.9. The molecular formula is C15H29ClN4O. The molecule has 0 bridgehead atoms. The van der Waals surface area contributed by atoms with Gasteiger partial charge in [-0.05, 0) is 32.2 Å². The van der Waals surface area contributed by atoms with Gasteiger partial charge in [0.15, 0.2) is 0 Å². The van der Waals surface area contributed by atoms with Crippen molar-refractivity contribution in [2.75, 3.05) is 13.1 Å². The van der Waals surface area contributed by atoms with Gasteiger partial charge in [0.05, 0.1) is 12.1 Å². The number of rotatable bonds is 7. The zero-order valence-corrected chi connectivity index (χ0v) is 14.6. The van der Waals surface area contributed by atoms with E-state index in [1.807, 2.05) is 25.5 Å². The van der Waals surface area contributed by atoms with E-state index < -0.39 is 0 Å². The van der Waals surface area contributed by atoms with Crippen LogP contribution in [0.4, 0.5) is 0 Å². The summed E-state index contributed by atoms with van der Waals surface area (Å²) in [4.78, 5) is 12.0. The van der Waals surface area contributed by atoms with Gasteiger partial charge in [-0.2, -0.15) is 5.10 Å². The Bertz CT molecular complexity index is 457. The molecule has 0 aromatic carbocycles. The Labute approximate surface area is 134 Å². The molecule has 6 heteroatoms. The van der Waals surface area contributed by atoms with Crippen LogP contribution in [0, 0.1) is 25.7 Å². The van der Waals surface area contributed by atoms with Crippen molar-refractivity contribution in [3.8, 4) is 0 Å². The van der Waals surface area contributed by atoms with Gasteiger partial charge >= 0.3 is 0 Å². The number of hydrogen-bond donors (Lipinski definition) is 2. The van der Waals surface area contributed by atoms with Gasteiger partial charge in [0, 0.05) is 24.3 Å². The monoisotopic (exact) mass is 316 g/mol. The maximum absolute atomic E-state index is 12.0. The summed E-state index contributed by atoms with van der Waals surface area (Å²) in [5.41, 5.74) is 8.63. The lowest BCUT2D eigenvalue weighted by Crippen LogP contribution is -2.32. The number of nitrogens with two attached hydrogens (primary N) is 1. The second kappa shape index (κ2) is 9.05. The highest BCUT2D eigenvalue weighted by atomic mass is 35.5. The van der Waals surface area contributed by atoms with E-state index in [0.717, 1.165) is 23.5 Å². The summed E-state index contributed by atoms with van der Waals surface area (Å²) in [6.07, 6.45) is 0.396. The molecule has 1 aromatic heterocycles. The van der Waals surface area contributed by atoms with Gasteiger partial charge in [0.1, 0.15) is 0 Å². The predicted octanol–water partition coefficient (Wildman–Crippen LogP) is 1.83. The third-order valence-corrected chi connectivity index (χ3v) is 3.46. The Kier molecular flexibility index (Phi) is 8.59. The first-order valence-corrected chi connectivity index (χ1v) is 7.34. The summed E-state index contributed by atoms with van der Waals surface area (Å²) >= 11 is 0. The molecule has 0 fully saturated rings. The van der Waals surface area contributed by atoms with Gasteiger partial charge in [-0.25, -0.2) is 0 Å². The third-order valence-electron chi connectivity index (χ3n) is 3.46. The Morgan fingerprint density at radius 3 is 2.48 bits per heavy atom. The smallest absolute Gasteiger partial charge is 0.224 e. The summed E-state index contributed by atoms with van der Waals surface area (Å²) in [5, 5.41) is 7.46. The van der Waals surface area contributed by atoms with Crippen molar-refractivity contribution in [2.45, 2.75) is 47.6 Å². The normalized spacial score (nSPS) is 12.1. The van der Waals surface area contributed by atoms with Crippen LogP contribution in [-0.4, -0.2) is 28.8 Å². The molecule has 0 saturated heterocycles. The lowest BCUT2D eigenvalue weighted by Gasteiger charge is -2.10. The van der Waals surface area contributed by atoms with E-state index in [1.165, 1.54) is 0 Å². The van der Waals surface area contributed by atoms with Gasteiger partial charge in [-0.3, -0.25) is 9.48 Å². The lowest BCUT2D eigenvalue weighted by atomic mass is 10.1. The molecule has 0 aliphatic carbocycles. The number of halogens is 1. The third kappa shape index (κ3) is 6.06. The highest BCUT2D eigenvalue weighted by Crippen LogP contribution is 2.15. The molecule has 1 atom stereocenters. The molecule has 5 nitrogen and oxygen atoms in total. The van der Waals surface area contributed by atoms with Crippen molar-refractivity contribution in [3.63, 3.8) is 0 Å². The van der Waals surface area contributed by atoms with E-state index in [2.05, 4.69) is 24.3 Å². The zero-order valence-electron chi connectivity index (χ0n) is 13.8. The van der Waals surface area contributed by atoms with E-state index in [4.69, 9.17) is 5.73 Å². The van der Waals surface area contributed by atoms with Crippen molar-refractivity contribution < 1.29 is 4.79 Å². The zero-order chi connectivity index (χ0) is 15.3. The molecule has 1 aromatic rings. The molecule has 1 unspecified atom stereocenters. The number of carbonyl (C=O) groups is 1. The van der Waals surface area contributed by atoms with Crippen LogP contribution in [0.3, 0.4) is 0 Å². The topological polar surface area (TPSA) is 72.9 Å². The van der Waals surface area contributed by atoms with E-state index >= 15 is 0 Å². The highest BCUT2D eigenvalue weighted by Gasteiger charge is 2.15. The standard InChI is InChI=1S/C15H28N4O.ClH/c1-10(2)9-19-13(5)14(12(4)18-19)6-15(20)17-8-11(3)7-16;/h10-11H,6-9,16H2,1-5H3,(H,17,20);1H. The molecule has 0 saturated carbocycles. The molecule has 122 valence electrons. The Hall–Kier alpha value is -1.07. The van der Waals surface area contributed by atoms with Crippen LogP contribution in [0.1, 0.15) is 37.7 Å². The molecule has 1 heterocycles. The summed E-state index contributed by atoms with van der Waals surface area (Å²) in [7, 11) is 0. The van der Waals surface area contributed by atoms with Gasteiger partial charge in [-0.1, -0.05) is 20.8 Å². The van der Waals surface area contributed by atoms with Crippen LogP contribution >= 0.6 is 12.4 Å². The fourth-order valence-corrected chi connectivity index (χ4v) is 2.11. The minimum Gasteiger partial charge on any atom is -0.355 e. The SMILES string of the molecule is Cc1nn(CC(C)C)c(C)c1CC(=O)NCC(C)CN.Cl. The molecule has 0 aliphatic heterocycles. The van der Waals surface area contributed by atoms with Crippen molar-refractivity contribution in [1.82, 2.24) is 15.1 Å². The van der Waals surface area contributed by atoms with Crippen molar-refractivity contribution >= 4 is 18.3 Å². The van der Waals surface area contributed by atoms with Gasteiger partial charge in [0.2, 0.25) is 5.91 Å². The van der Waals surface area contributed by atoms with Crippen molar-refractivity contribution in [3.05, 3.63) is 17.0 Å². The number of carbonyl (C=O) groups excluding carboxylic acids is 1. The van der Waals surface area contributed by atoms with E-state index in [-0.39, 0.29) is 18.3 Å². The number of nitrogens with one attached hydrogen (secondary N) is 1. The molecule has 3 N–H and O–H groups in total. The number of aromatic nitrogens is 2. The highest BCUT2D eigenvalue weighted by molar-refractivity contribution is 5.85. The quantitative estimate of drug-likeness (QED) is 0.806. The van der Waals surface area contributed by atoms with E-state index in [1.54, 1.807) is 0 Å². The average molecular weight is 317 g/mol. The summed E-state index contributed by atoms with van der Waals surface area (Å²) in [6.45, 7) is 12.5. The van der Waals surface area contributed by atoms with Crippen LogP contribution < -0.4 is 11.1 Å². The van der Waals surface area contributed by atoms with Crippen molar-refractivity contribution in [2.24, 2.45) is 17.6 Å². The van der Waals surface area contributed by atoms with Gasteiger partial charge in [0.25, 0.3) is 0 Å². The maximum atomic E-state index is 12.0. The number of amides is 1. The van der Waals surface area contributed by atoms with E-state index in [9.17, 15) is 4.79 Å². The van der Waals surface area contributed by atoms with Gasteiger partial charge < -0.3 is 11.1 Å². The number of nitrogens with zero attached hydrogens (tertiary/aromatic N) is 2. The number of aryl methyl sites for hydroxylation is 1. The summed E-state index contributed by atoms with van der Waals surface area (Å²) < 4.78 is 2.01. The second-order valence-electron chi connectivity index (χ2n) is 6.05. The summed E-state index contributed by atoms with van der Waals surface area (Å²) in [5.74, 6) is 0.894. The largest absolute Gasteiger partial charge is 0.355 e. The fraction of sp³-hybridized carbons (Fsp3) is 0.733. The maximum Gasteiger partial charge on any atom is 0.224 e. The predicted molar refractivity (Wildman–Crippen MR) is 88.7 cm³/mol. The van der Waals surface area contributed by atoms with E-state index in [0.29, 0.717) is 31.3 Å². The second-order valence-corrected chi connectivity index (χ2v) is 6.05. The average Bonchev–Trinajstić information content (AvgIpc) is 2.63. The van der Waals surface area contributed by atoms with Crippen LogP contribution in [0.2, 0.25) is 0 Å². The molecular weight excluding hydrogens is 288 g/mol. The summed E-state index contributed by atoms with van der Waals surface area (Å²) in [6, 6.07) is 0. The van der Waals surface area contributed by atoms with Crippen LogP contribution in [0.25, 0.3) is 0 Å². The lowest BCUT2D eigenvalue weighted by molar-refractivity contribution is -0.120. The van der Waals surface area contributed by atoms with Crippen LogP contribution in [0.15, 0.2) is 0 Å². The Morgan fingerprint density at radius 2 is 1.95 bits per heavy atom. The fourth-order valence-electron chi connectivity index (χ4n) is 2.11. The minimum absolute atomic E-state index is 0. The molecule has 0 aliphatic rings. The first-order valence-electron chi connectivity index (χ1n) is 7.34.